The number of alkyl carbamates (subject to hydrolysis) is 2. The van der Waals surface area contributed by atoms with Crippen LogP contribution in [0, 0.1) is 0 Å². The van der Waals surface area contributed by atoms with Gasteiger partial charge in [0.05, 0.1) is 20.3 Å². The molecule has 0 spiro atoms. The highest BCUT2D eigenvalue weighted by Gasteiger charge is 2.21. The van der Waals surface area contributed by atoms with Crippen LogP contribution >= 0.6 is 0 Å². The normalized spacial score (nSPS) is 11.2. The van der Waals surface area contributed by atoms with Gasteiger partial charge in [-0.2, -0.15) is 0 Å². The highest BCUT2D eigenvalue weighted by atomic mass is 16.5. The molecule has 1 rings (SSSR count). The first-order chi connectivity index (χ1) is 11.6. The van der Waals surface area contributed by atoms with Gasteiger partial charge in [-0.1, -0.05) is 43.2 Å². The third-order valence-corrected chi connectivity index (χ3v) is 3.48. The van der Waals surface area contributed by atoms with E-state index in [2.05, 4.69) is 20.1 Å². The molecule has 2 amide bonds. The molecular formula is C17H24N2O5. The van der Waals surface area contributed by atoms with Crippen LogP contribution in [0.2, 0.25) is 0 Å². The van der Waals surface area contributed by atoms with Crippen molar-refractivity contribution in [2.45, 2.75) is 31.7 Å². The third-order valence-electron chi connectivity index (χ3n) is 3.48. The number of ketones is 1. The van der Waals surface area contributed by atoms with Gasteiger partial charge in [-0.3, -0.25) is 4.79 Å². The Balaban J connectivity index is 2.47. The number of Topliss-reactive ketones (excluding diaryl/α,β-unsaturated/α-hetero) is 1. The number of hydrogen-bond donors (Lipinski definition) is 2. The largest absolute Gasteiger partial charge is 0.453 e. The molecule has 1 aromatic rings. The van der Waals surface area contributed by atoms with E-state index in [1.54, 1.807) is 24.3 Å². The Morgan fingerprint density at radius 1 is 0.958 bits per heavy atom. The van der Waals surface area contributed by atoms with E-state index in [-0.39, 0.29) is 5.78 Å². The smallest absolute Gasteiger partial charge is 0.407 e. The zero-order valence-electron chi connectivity index (χ0n) is 14.0. The Hall–Kier alpha value is -2.57. The van der Waals surface area contributed by atoms with Crippen LogP contribution in [0.1, 0.15) is 36.0 Å². The number of methoxy groups -OCH3 is 2. The van der Waals surface area contributed by atoms with E-state index in [4.69, 9.17) is 0 Å². The fourth-order valence-corrected chi connectivity index (χ4v) is 2.19. The molecule has 1 aromatic carbocycles. The first kappa shape index (κ1) is 19.5. The van der Waals surface area contributed by atoms with Gasteiger partial charge in [0.2, 0.25) is 0 Å². The van der Waals surface area contributed by atoms with Gasteiger partial charge in [-0.15, -0.1) is 0 Å². The van der Waals surface area contributed by atoms with E-state index < -0.39 is 18.2 Å². The number of carbonyl (C=O) groups is 3. The van der Waals surface area contributed by atoms with Crippen molar-refractivity contribution < 1.29 is 23.9 Å². The molecule has 0 saturated carbocycles. The zero-order chi connectivity index (χ0) is 17.8. The van der Waals surface area contributed by atoms with Gasteiger partial charge in [0.1, 0.15) is 0 Å². The summed E-state index contributed by atoms with van der Waals surface area (Å²) in [7, 11) is 2.57. The van der Waals surface area contributed by atoms with Crippen LogP contribution in [-0.2, 0) is 9.47 Å². The second kappa shape index (κ2) is 11.0. The van der Waals surface area contributed by atoms with Crippen LogP contribution in [0.5, 0.6) is 0 Å². The topological polar surface area (TPSA) is 93.7 Å². The van der Waals surface area contributed by atoms with Crippen LogP contribution in [-0.4, -0.2) is 44.8 Å². The maximum absolute atomic E-state index is 12.5. The van der Waals surface area contributed by atoms with Crippen LogP contribution in [0.15, 0.2) is 30.3 Å². The molecule has 0 saturated heterocycles. The van der Waals surface area contributed by atoms with E-state index in [0.29, 0.717) is 18.5 Å². The third kappa shape index (κ3) is 7.13. The van der Waals surface area contributed by atoms with Crippen molar-refractivity contribution in [3.63, 3.8) is 0 Å². The van der Waals surface area contributed by atoms with Gasteiger partial charge in [0.25, 0.3) is 0 Å². The lowest BCUT2D eigenvalue weighted by Gasteiger charge is -2.17. The Morgan fingerprint density at radius 2 is 1.62 bits per heavy atom. The molecule has 0 radical (unpaired) electrons. The van der Waals surface area contributed by atoms with Gasteiger partial charge in [0.15, 0.2) is 5.78 Å². The summed E-state index contributed by atoms with van der Waals surface area (Å²) < 4.78 is 9.06. The fourth-order valence-electron chi connectivity index (χ4n) is 2.19. The molecule has 7 nitrogen and oxygen atoms in total. The minimum absolute atomic E-state index is 0.145. The average Bonchev–Trinajstić information content (AvgIpc) is 2.63. The molecule has 0 aliphatic rings. The van der Waals surface area contributed by atoms with Crippen molar-refractivity contribution in [2.75, 3.05) is 20.8 Å². The lowest BCUT2D eigenvalue weighted by Crippen LogP contribution is -2.40. The van der Waals surface area contributed by atoms with Crippen molar-refractivity contribution in [2.24, 2.45) is 0 Å². The summed E-state index contributed by atoms with van der Waals surface area (Å²) in [5.41, 5.74) is 0.547. The quantitative estimate of drug-likeness (QED) is 0.534. The molecule has 1 atom stereocenters. The molecule has 7 heteroatoms. The fraction of sp³-hybridized carbons (Fsp3) is 0.471. The van der Waals surface area contributed by atoms with E-state index in [9.17, 15) is 14.4 Å². The molecule has 0 fully saturated rings. The van der Waals surface area contributed by atoms with Crippen molar-refractivity contribution in [1.29, 1.82) is 0 Å². The zero-order valence-corrected chi connectivity index (χ0v) is 14.0. The van der Waals surface area contributed by atoms with E-state index in [0.717, 1.165) is 19.3 Å². The van der Waals surface area contributed by atoms with Crippen molar-refractivity contribution >= 4 is 18.0 Å². The predicted octanol–water partition coefficient (Wildman–Crippen LogP) is 2.51. The number of carbonyl (C=O) groups excluding carboxylic acids is 3. The molecule has 2 N–H and O–H groups in total. The summed E-state index contributed by atoms with van der Waals surface area (Å²) in [6.45, 7) is 0.508. The molecule has 1 unspecified atom stereocenters. The summed E-state index contributed by atoms with van der Waals surface area (Å²) in [5, 5.41) is 5.18. The molecule has 0 aliphatic carbocycles. The Labute approximate surface area is 141 Å². The number of ether oxygens (including phenoxy) is 2. The Bertz CT molecular complexity index is 533. The molecular weight excluding hydrogens is 312 g/mol. The number of amides is 2. The summed E-state index contributed by atoms with van der Waals surface area (Å²) >= 11 is 0. The summed E-state index contributed by atoms with van der Waals surface area (Å²) in [6, 6.07) is 8.19. The summed E-state index contributed by atoms with van der Waals surface area (Å²) in [4.78, 5) is 34.9. The Morgan fingerprint density at radius 3 is 2.25 bits per heavy atom. The van der Waals surface area contributed by atoms with Crippen molar-refractivity contribution in [3.05, 3.63) is 35.9 Å². The number of rotatable bonds is 9. The first-order valence-corrected chi connectivity index (χ1v) is 7.84. The standard InChI is InChI=1S/C17H24N2O5/c1-23-16(21)18-12-8-4-7-11-14(19-17(22)24-2)15(20)13-9-5-3-6-10-13/h3,5-6,9-10,14H,4,7-8,11-12H2,1-2H3,(H,18,21)(H,19,22). The number of hydrogen-bond acceptors (Lipinski definition) is 5. The molecule has 132 valence electrons. The molecule has 24 heavy (non-hydrogen) atoms. The highest BCUT2D eigenvalue weighted by Crippen LogP contribution is 2.10. The second-order valence-corrected chi connectivity index (χ2v) is 5.19. The van der Waals surface area contributed by atoms with Gasteiger partial charge >= 0.3 is 12.2 Å². The maximum atomic E-state index is 12.5. The lowest BCUT2D eigenvalue weighted by atomic mass is 9.99. The van der Waals surface area contributed by atoms with E-state index in [1.165, 1.54) is 14.2 Å². The van der Waals surface area contributed by atoms with Crippen LogP contribution in [0.3, 0.4) is 0 Å². The van der Waals surface area contributed by atoms with Crippen molar-refractivity contribution in [1.82, 2.24) is 10.6 Å². The minimum Gasteiger partial charge on any atom is -0.453 e. The molecule has 0 heterocycles. The number of nitrogens with one attached hydrogen (secondary N) is 2. The molecule has 0 bridgehead atoms. The number of unbranched alkanes of at least 4 members (excludes halogenated alkanes) is 2. The van der Waals surface area contributed by atoms with Crippen LogP contribution in [0.4, 0.5) is 9.59 Å². The molecule has 0 aliphatic heterocycles. The van der Waals surface area contributed by atoms with E-state index >= 15 is 0 Å². The SMILES string of the molecule is COC(=O)NCCCCCC(NC(=O)OC)C(=O)c1ccccc1. The highest BCUT2D eigenvalue weighted by molar-refractivity contribution is 6.01. The first-order valence-electron chi connectivity index (χ1n) is 7.84. The van der Waals surface area contributed by atoms with Gasteiger partial charge in [-0.25, -0.2) is 9.59 Å². The predicted molar refractivity (Wildman–Crippen MR) is 89.0 cm³/mol. The lowest BCUT2D eigenvalue weighted by molar-refractivity contribution is 0.0924. The molecule has 0 aromatic heterocycles. The average molecular weight is 336 g/mol. The maximum Gasteiger partial charge on any atom is 0.407 e. The summed E-state index contributed by atoms with van der Waals surface area (Å²) in [6.07, 6.45) is 1.72. The van der Waals surface area contributed by atoms with Crippen LogP contribution < -0.4 is 10.6 Å². The van der Waals surface area contributed by atoms with Gasteiger partial charge in [-0.05, 0) is 12.8 Å². The summed E-state index contributed by atoms with van der Waals surface area (Å²) in [5.74, 6) is -0.145. The van der Waals surface area contributed by atoms with E-state index in [1.807, 2.05) is 6.07 Å². The van der Waals surface area contributed by atoms with Gasteiger partial charge in [0, 0.05) is 12.1 Å². The monoisotopic (exact) mass is 336 g/mol. The van der Waals surface area contributed by atoms with Gasteiger partial charge < -0.3 is 20.1 Å². The van der Waals surface area contributed by atoms with Crippen molar-refractivity contribution in [3.8, 4) is 0 Å². The Kier molecular flexibility index (Phi) is 8.96. The number of benzene rings is 1. The van der Waals surface area contributed by atoms with Crippen LogP contribution in [0.25, 0.3) is 0 Å². The minimum atomic E-state index is -0.631. The second-order valence-electron chi connectivity index (χ2n) is 5.19.